The standard InChI is InChI=1S/C15H17ClN2O/c1-2-18(10-12-4-3-7-17-9-12)14-6-5-13(11-19)15(16)8-14/h3-9,19H,2,10-11H2,1H3. The van der Waals surface area contributed by atoms with Crippen LogP contribution in [0.1, 0.15) is 18.1 Å². The highest BCUT2D eigenvalue weighted by atomic mass is 35.5. The summed E-state index contributed by atoms with van der Waals surface area (Å²) in [5, 5.41) is 9.74. The highest BCUT2D eigenvalue weighted by molar-refractivity contribution is 6.31. The molecule has 0 aliphatic carbocycles. The number of hydrogen-bond donors (Lipinski definition) is 1. The van der Waals surface area contributed by atoms with Crippen LogP contribution in [0.3, 0.4) is 0 Å². The van der Waals surface area contributed by atoms with Gasteiger partial charge in [-0.05, 0) is 36.2 Å². The van der Waals surface area contributed by atoms with E-state index in [4.69, 9.17) is 16.7 Å². The Bertz CT molecular complexity index is 531. The Morgan fingerprint density at radius 1 is 1.32 bits per heavy atom. The van der Waals surface area contributed by atoms with Crippen molar-refractivity contribution in [3.8, 4) is 0 Å². The van der Waals surface area contributed by atoms with Gasteiger partial charge in [0, 0.05) is 36.2 Å². The molecule has 0 amide bonds. The molecule has 0 unspecified atom stereocenters. The van der Waals surface area contributed by atoms with Gasteiger partial charge in [-0.15, -0.1) is 0 Å². The maximum absolute atomic E-state index is 9.13. The van der Waals surface area contributed by atoms with Gasteiger partial charge in [0.25, 0.3) is 0 Å². The van der Waals surface area contributed by atoms with Gasteiger partial charge in [-0.3, -0.25) is 4.98 Å². The minimum atomic E-state index is -0.0339. The summed E-state index contributed by atoms with van der Waals surface area (Å²) in [7, 11) is 0. The lowest BCUT2D eigenvalue weighted by atomic mass is 10.2. The fourth-order valence-corrected chi connectivity index (χ4v) is 2.19. The van der Waals surface area contributed by atoms with Crippen LogP contribution in [-0.2, 0) is 13.2 Å². The number of anilines is 1. The van der Waals surface area contributed by atoms with Crippen LogP contribution < -0.4 is 4.90 Å². The van der Waals surface area contributed by atoms with Crippen molar-refractivity contribution in [2.75, 3.05) is 11.4 Å². The molecule has 3 nitrogen and oxygen atoms in total. The molecule has 0 saturated carbocycles. The fraction of sp³-hybridized carbons (Fsp3) is 0.267. The lowest BCUT2D eigenvalue weighted by molar-refractivity contribution is 0.282. The van der Waals surface area contributed by atoms with Crippen molar-refractivity contribution in [3.05, 3.63) is 58.9 Å². The van der Waals surface area contributed by atoms with E-state index in [2.05, 4.69) is 22.9 Å². The molecule has 2 aromatic rings. The summed E-state index contributed by atoms with van der Waals surface area (Å²) in [6.45, 7) is 3.74. The number of halogens is 1. The van der Waals surface area contributed by atoms with E-state index in [0.29, 0.717) is 5.02 Å². The van der Waals surface area contributed by atoms with Crippen molar-refractivity contribution in [1.82, 2.24) is 4.98 Å². The number of hydrogen-bond acceptors (Lipinski definition) is 3. The fourth-order valence-electron chi connectivity index (χ4n) is 1.96. The minimum Gasteiger partial charge on any atom is -0.392 e. The summed E-state index contributed by atoms with van der Waals surface area (Å²) in [4.78, 5) is 6.34. The number of aromatic nitrogens is 1. The first-order chi connectivity index (χ1) is 9.24. The Kier molecular flexibility index (Phi) is 4.77. The van der Waals surface area contributed by atoms with Crippen LogP contribution in [0.5, 0.6) is 0 Å². The van der Waals surface area contributed by atoms with E-state index in [-0.39, 0.29) is 6.61 Å². The van der Waals surface area contributed by atoms with Crippen molar-refractivity contribution >= 4 is 17.3 Å². The molecule has 100 valence electrons. The molecule has 0 atom stereocenters. The Morgan fingerprint density at radius 2 is 2.16 bits per heavy atom. The number of benzene rings is 1. The molecule has 2 rings (SSSR count). The Hall–Kier alpha value is -1.58. The van der Waals surface area contributed by atoms with Gasteiger partial charge in [-0.25, -0.2) is 0 Å². The quantitative estimate of drug-likeness (QED) is 0.911. The Balaban J connectivity index is 2.20. The summed E-state index contributed by atoms with van der Waals surface area (Å²) < 4.78 is 0. The zero-order chi connectivity index (χ0) is 13.7. The van der Waals surface area contributed by atoms with Crippen molar-refractivity contribution in [2.45, 2.75) is 20.1 Å². The van der Waals surface area contributed by atoms with Crippen LogP contribution in [0.4, 0.5) is 5.69 Å². The predicted octanol–water partition coefficient (Wildman–Crippen LogP) is 3.25. The van der Waals surface area contributed by atoms with Crippen LogP contribution in [-0.4, -0.2) is 16.6 Å². The number of pyridine rings is 1. The van der Waals surface area contributed by atoms with E-state index in [0.717, 1.165) is 29.9 Å². The molecule has 19 heavy (non-hydrogen) atoms. The van der Waals surface area contributed by atoms with Crippen molar-refractivity contribution in [2.24, 2.45) is 0 Å². The minimum absolute atomic E-state index is 0.0339. The van der Waals surface area contributed by atoms with Crippen LogP contribution >= 0.6 is 11.6 Å². The van der Waals surface area contributed by atoms with Gasteiger partial charge in [0.1, 0.15) is 0 Å². The molecular weight excluding hydrogens is 260 g/mol. The second-order valence-electron chi connectivity index (χ2n) is 4.31. The lowest BCUT2D eigenvalue weighted by Crippen LogP contribution is -2.22. The molecule has 1 N–H and O–H groups in total. The predicted molar refractivity (Wildman–Crippen MR) is 78.3 cm³/mol. The average Bonchev–Trinajstić information content (AvgIpc) is 2.46. The summed E-state index contributed by atoms with van der Waals surface area (Å²) in [6, 6.07) is 9.73. The second-order valence-corrected chi connectivity index (χ2v) is 4.72. The van der Waals surface area contributed by atoms with E-state index in [1.165, 1.54) is 0 Å². The highest BCUT2D eigenvalue weighted by Crippen LogP contribution is 2.24. The molecule has 1 heterocycles. The van der Waals surface area contributed by atoms with Gasteiger partial charge in [0.15, 0.2) is 0 Å². The normalized spacial score (nSPS) is 10.5. The van der Waals surface area contributed by atoms with E-state index in [1.807, 2.05) is 30.5 Å². The SMILES string of the molecule is CCN(Cc1cccnc1)c1ccc(CO)c(Cl)c1. The third-order valence-electron chi connectivity index (χ3n) is 3.05. The van der Waals surface area contributed by atoms with E-state index in [9.17, 15) is 0 Å². The molecule has 1 aromatic heterocycles. The number of aliphatic hydroxyl groups excluding tert-OH is 1. The zero-order valence-corrected chi connectivity index (χ0v) is 11.6. The van der Waals surface area contributed by atoms with Crippen molar-refractivity contribution in [1.29, 1.82) is 0 Å². The maximum atomic E-state index is 9.13. The van der Waals surface area contributed by atoms with Gasteiger partial charge in [0.2, 0.25) is 0 Å². The number of nitrogens with zero attached hydrogens (tertiary/aromatic N) is 2. The van der Waals surface area contributed by atoms with Crippen LogP contribution in [0.2, 0.25) is 5.02 Å². The van der Waals surface area contributed by atoms with Gasteiger partial charge in [-0.1, -0.05) is 23.7 Å². The molecule has 0 aliphatic rings. The molecule has 0 fully saturated rings. The Morgan fingerprint density at radius 3 is 2.74 bits per heavy atom. The monoisotopic (exact) mass is 276 g/mol. The smallest absolute Gasteiger partial charge is 0.0696 e. The molecule has 4 heteroatoms. The highest BCUT2D eigenvalue weighted by Gasteiger charge is 2.08. The third kappa shape index (κ3) is 3.46. The van der Waals surface area contributed by atoms with Gasteiger partial charge in [-0.2, -0.15) is 0 Å². The Labute approximate surface area is 118 Å². The first kappa shape index (κ1) is 13.8. The molecular formula is C15H17ClN2O. The first-order valence-electron chi connectivity index (χ1n) is 6.27. The first-order valence-corrected chi connectivity index (χ1v) is 6.65. The van der Waals surface area contributed by atoms with Gasteiger partial charge < -0.3 is 10.0 Å². The molecule has 1 aromatic carbocycles. The third-order valence-corrected chi connectivity index (χ3v) is 3.40. The molecule has 0 aliphatic heterocycles. The maximum Gasteiger partial charge on any atom is 0.0696 e. The summed E-state index contributed by atoms with van der Waals surface area (Å²) in [6.07, 6.45) is 3.64. The van der Waals surface area contributed by atoms with Crippen molar-refractivity contribution < 1.29 is 5.11 Å². The van der Waals surface area contributed by atoms with Crippen LogP contribution in [0.15, 0.2) is 42.7 Å². The molecule has 0 radical (unpaired) electrons. The second kappa shape index (κ2) is 6.55. The van der Waals surface area contributed by atoms with Crippen LogP contribution in [0.25, 0.3) is 0 Å². The molecule has 0 spiro atoms. The lowest BCUT2D eigenvalue weighted by Gasteiger charge is -2.23. The van der Waals surface area contributed by atoms with Crippen molar-refractivity contribution in [3.63, 3.8) is 0 Å². The number of rotatable bonds is 5. The van der Waals surface area contributed by atoms with E-state index < -0.39 is 0 Å². The zero-order valence-electron chi connectivity index (χ0n) is 10.9. The van der Waals surface area contributed by atoms with Gasteiger partial charge >= 0.3 is 0 Å². The van der Waals surface area contributed by atoms with E-state index in [1.54, 1.807) is 6.20 Å². The number of aliphatic hydroxyl groups is 1. The average molecular weight is 277 g/mol. The largest absolute Gasteiger partial charge is 0.392 e. The molecule has 0 bridgehead atoms. The topological polar surface area (TPSA) is 36.4 Å². The van der Waals surface area contributed by atoms with Gasteiger partial charge in [0.05, 0.1) is 6.61 Å². The van der Waals surface area contributed by atoms with E-state index >= 15 is 0 Å². The summed E-state index contributed by atoms with van der Waals surface area (Å²) in [5.41, 5.74) is 2.96. The summed E-state index contributed by atoms with van der Waals surface area (Å²) >= 11 is 6.13. The van der Waals surface area contributed by atoms with Crippen LogP contribution in [0, 0.1) is 0 Å². The molecule has 0 saturated heterocycles. The summed E-state index contributed by atoms with van der Waals surface area (Å²) in [5.74, 6) is 0.